The van der Waals surface area contributed by atoms with E-state index in [0.717, 1.165) is 18.2 Å². The Bertz CT molecular complexity index is 1090. The average molecular weight is 434 g/mol. The number of anilines is 1. The maximum atomic E-state index is 13.1. The number of aromatic nitrogens is 1. The first-order chi connectivity index (χ1) is 13.4. The monoisotopic (exact) mass is 433 g/mol. The summed E-state index contributed by atoms with van der Waals surface area (Å²) in [4.78, 5) is 20.6. The van der Waals surface area contributed by atoms with Gasteiger partial charge in [-0.1, -0.05) is 30.3 Å². The fourth-order valence-electron chi connectivity index (χ4n) is 3.43. The zero-order chi connectivity index (χ0) is 19.7. The molecule has 3 heterocycles. The summed E-state index contributed by atoms with van der Waals surface area (Å²) in [6, 6.07) is 12.1. The minimum atomic E-state index is -3.38. The molecular formula is C19H19N3O3S3. The Morgan fingerprint density at radius 1 is 1.25 bits per heavy atom. The molecule has 6 nitrogen and oxygen atoms in total. The topological polar surface area (TPSA) is 79.4 Å². The number of rotatable bonds is 5. The van der Waals surface area contributed by atoms with E-state index >= 15 is 0 Å². The summed E-state index contributed by atoms with van der Waals surface area (Å²) < 4.78 is 25.1. The van der Waals surface area contributed by atoms with Gasteiger partial charge in [0, 0.05) is 16.8 Å². The number of benzene rings is 1. The highest BCUT2D eigenvalue weighted by molar-refractivity contribution is 7.92. The van der Waals surface area contributed by atoms with Crippen molar-refractivity contribution in [2.75, 3.05) is 17.5 Å². The van der Waals surface area contributed by atoms with Crippen LogP contribution in [0.1, 0.15) is 27.7 Å². The van der Waals surface area contributed by atoms with E-state index in [-0.39, 0.29) is 23.5 Å². The predicted molar refractivity (Wildman–Crippen MR) is 112 cm³/mol. The van der Waals surface area contributed by atoms with Crippen LogP contribution < -0.4 is 4.72 Å². The maximum Gasteiger partial charge on any atom is 0.231 e. The number of thiophene rings is 1. The van der Waals surface area contributed by atoms with Crippen LogP contribution in [0.2, 0.25) is 0 Å². The first-order valence-electron chi connectivity index (χ1n) is 8.73. The van der Waals surface area contributed by atoms with E-state index in [1.807, 2.05) is 23.1 Å². The van der Waals surface area contributed by atoms with Crippen LogP contribution in [0.4, 0.5) is 5.13 Å². The van der Waals surface area contributed by atoms with Crippen molar-refractivity contribution in [3.8, 4) is 0 Å². The molecule has 1 atom stereocenters. The molecular weight excluding hydrogens is 414 g/mol. The summed E-state index contributed by atoms with van der Waals surface area (Å²) in [5.41, 5.74) is 2.85. The van der Waals surface area contributed by atoms with Crippen molar-refractivity contribution >= 4 is 43.7 Å². The normalized spacial score (nSPS) is 16.6. The van der Waals surface area contributed by atoms with Crippen molar-refractivity contribution in [1.29, 1.82) is 0 Å². The van der Waals surface area contributed by atoms with Crippen LogP contribution in [-0.4, -0.2) is 37.0 Å². The number of hydrogen-bond donors (Lipinski definition) is 1. The molecule has 0 unspecified atom stereocenters. The summed E-state index contributed by atoms with van der Waals surface area (Å²) in [7, 11) is -3.38. The Kier molecular flexibility index (Phi) is 5.22. The second-order valence-corrected chi connectivity index (χ2v) is 10.3. The summed E-state index contributed by atoms with van der Waals surface area (Å²) in [6.45, 7) is 0.657. The van der Waals surface area contributed by atoms with E-state index in [1.54, 1.807) is 16.7 Å². The third kappa shape index (κ3) is 4.11. The molecule has 4 rings (SSSR count). The van der Waals surface area contributed by atoms with E-state index in [4.69, 9.17) is 0 Å². The van der Waals surface area contributed by atoms with Gasteiger partial charge >= 0.3 is 0 Å². The number of nitrogens with zero attached hydrogens (tertiary/aromatic N) is 2. The lowest BCUT2D eigenvalue weighted by Gasteiger charge is -2.36. The lowest BCUT2D eigenvalue weighted by Crippen LogP contribution is -2.40. The smallest absolute Gasteiger partial charge is 0.231 e. The van der Waals surface area contributed by atoms with Crippen molar-refractivity contribution in [2.24, 2.45) is 0 Å². The average Bonchev–Trinajstić information content (AvgIpc) is 3.29. The fraction of sp³-hybridized carbons (Fsp3) is 0.263. The molecule has 9 heteroatoms. The largest absolute Gasteiger partial charge is 0.331 e. The van der Waals surface area contributed by atoms with Gasteiger partial charge in [-0.05, 0) is 29.0 Å². The Labute approximate surface area is 171 Å². The van der Waals surface area contributed by atoms with E-state index in [1.165, 1.54) is 21.8 Å². The number of fused-ring (bicyclic) bond motifs is 1. The highest BCUT2D eigenvalue weighted by Gasteiger charge is 2.32. The zero-order valence-corrected chi connectivity index (χ0v) is 17.6. The third-order valence-corrected chi connectivity index (χ3v) is 7.05. The molecule has 0 radical (unpaired) electrons. The number of sulfonamides is 1. The summed E-state index contributed by atoms with van der Waals surface area (Å²) in [5, 5.41) is 4.09. The van der Waals surface area contributed by atoms with Crippen LogP contribution in [0.15, 0.2) is 47.2 Å². The van der Waals surface area contributed by atoms with Crippen molar-refractivity contribution in [1.82, 2.24) is 9.88 Å². The van der Waals surface area contributed by atoms with Crippen LogP contribution in [0.25, 0.3) is 0 Å². The van der Waals surface area contributed by atoms with Gasteiger partial charge in [0.1, 0.15) is 0 Å². The van der Waals surface area contributed by atoms with Crippen molar-refractivity contribution < 1.29 is 13.2 Å². The van der Waals surface area contributed by atoms with E-state index in [2.05, 4.69) is 33.3 Å². The predicted octanol–water partition coefficient (Wildman–Crippen LogP) is 3.29. The van der Waals surface area contributed by atoms with Gasteiger partial charge in [0.25, 0.3) is 0 Å². The van der Waals surface area contributed by atoms with Crippen LogP contribution in [0, 0.1) is 0 Å². The second kappa shape index (κ2) is 7.65. The lowest BCUT2D eigenvalue weighted by atomic mass is 9.93. The molecule has 2 aromatic heterocycles. The zero-order valence-electron chi connectivity index (χ0n) is 15.2. The second-order valence-electron chi connectivity index (χ2n) is 6.64. The number of carbonyl (C=O) groups is 1. The Morgan fingerprint density at radius 2 is 2.04 bits per heavy atom. The number of nitrogens with one attached hydrogen (secondary N) is 1. The molecule has 1 N–H and O–H groups in total. The minimum Gasteiger partial charge on any atom is -0.331 e. The van der Waals surface area contributed by atoms with Gasteiger partial charge < -0.3 is 4.90 Å². The van der Waals surface area contributed by atoms with Crippen molar-refractivity contribution in [3.63, 3.8) is 0 Å². The molecule has 0 aliphatic carbocycles. The van der Waals surface area contributed by atoms with Gasteiger partial charge in [0.2, 0.25) is 15.9 Å². The van der Waals surface area contributed by atoms with Gasteiger partial charge in [-0.2, -0.15) is 0 Å². The number of carbonyl (C=O) groups excluding carboxylic acids is 1. The van der Waals surface area contributed by atoms with E-state index in [9.17, 15) is 13.2 Å². The quantitative estimate of drug-likeness (QED) is 0.670. The Hall–Kier alpha value is -2.23. The summed E-state index contributed by atoms with van der Waals surface area (Å²) >= 11 is 2.92. The molecule has 0 saturated heterocycles. The Morgan fingerprint density at radius 3 is 2.79 bits per heavy atom. The van der Waals surface area contributed by atoms with E-state index < -0.39 is 10.0 Å². The molecule has 0 fully saturated rings. The number of hydrogen-bond acceptors (Lipinski definition) is 6. The van der Waals surface area contributed by atoms with Crippen LogP contribution in [0.3, 0.4) is 0 Å². The lowest BCUT2D eigenvalue weighted by molar-refractivity contribution is -0.132. The molecule has 1 aliphatic rings. The van der Waals surface area contributed by atoms with Crippen molar-refractivity contribution in [3.05, 3.63) is 68.9 Å². The molecule has 1 aliphatic heterocycles. The molecule has 146 valence electrons. The first-order valence-corrected chi connectivity index (χ1v) is 12.4. The molecule has 0 bridgehead atoms. The van der Waals surface area contributed by atoms with Gasteiger partial charge in [0.15, 0.2) is 5.13 Å². The molecule has 1 amide bonds. The van der Waals surface area contributed by atoms with Gasteiger partial charge in [-0.15, -0.1) is 22.7 Å². The molecule has 28 heavy (non-hydrogen) atoms. The molecule has 1 aromatic carbocycles. The minimum absolute atomic E-state index is 0.0121. The van der Waals surface area contributed by atoms with Gasteiger partial charge in [-0.25, -0.2) is 13.4 Å². The molecule has 0 saturated carbocycles. The van der Waals surface area contributed by atoms with Crippen molar-refractivity contribution in [2.45, 2.75) is 18.9 Å². The highest BCUT2D eigenvalue weighted by Crippen LogP contribution is 2.38. The standard InChI is InChI=1S/C19H19N3O3S3/c1-28(24,25)21-19-20-14(12-27-19)11-17(23)22-9-7-16-15(8-10-26-16)18(22)13-5-3-2-4-6-13/h2-6,8,10,12,18H,7,9,11H2,1H3,(H,20,21)/t18-/m0/s1. The number of thiazole rings is 1. The van der Waals surface area contributed by atoms with Crippen LogP contribution in [0.5, 0.6) is 0 Å². The highest BCUT2D eigenvalue weighted by atomic mass is 32.2. The fourth-order valence-corrected chi connectivity index (χ4v) is 5.90. The SMILES string of the molecule is CS(=O)(=O)Nc1nc(CC(=O)N2CCc3sccc3[C@@H]2c2ccccc2)cs1. The van der Waals surface area contributed by atoms with Gasteiger partial charge in [-0.3, -0.25) is 9.52 Å². The third-order valence-electron chi connectivity index (χ3n) is 4.56. The van der Waals surface area contributed by atoms with Crippen LogP contribution >= 0.6 is 22.7 Å². The summed E-state index contributed by atoms with van der Waals surface area (Å²) in [5.74, 6) is -0.0121. The van der Waals surface area contributed by atoms with Gasteiger partial charge in [0.05, 0.1) is 24.4 Å². The number of amides is 1. The summed E-state index contributed by atoms with van der Waals surface area (Å²) in [6.07, 6.45) is 2.07. The maximum absolute atomic E-state index is 13.1. The van der Waals surface area contributed by atoms with Crippen LogP contribution in [-0.2, 0) is 27.7 Å². The Balaban J connectivity index is 1.58. The molecule has 3 aromatic rings. The van der Waals surface area contributed by atoms with E-state index in [0.29, 0.717) is 12.2 Å². The molecule has 0 spiro atoms. The first kappa shape index (κ1) is 19.1.